The predicted molar refractivity (Wildman–Crippen MR) is 66.8 cm³/mol. The van der Waals surface area contributed by atoms with Crippen LogP contribution in [0.25, 0.3) is 0 Å². The van der Waals surface area contributed by atoms with E-state index in [2.05, 4.69) is 29.3 Å². The molecular weight excluding hydrogens is 233 g/mol. The standard InChI is InChI=1S/C13H16FN3O/c1-9(2)8-15-13-16-12(17-18-13)7-10-3-5-11(14)6-4-10/h3-6,9H,7-8H2,1-2H3,(H,15,16,17). The molecule has 18 heavy (non-hydrogen) atoms. The Hall–Kier alpha value is -1.91. The van der Waals surface area contributed by atoms with Crippen molar-refractivity contribution in [1.29, 1.82) is 0 Å². The van der Waals surface area contributed by atoms with E-state index in [1.807, 2.05) is 0 Å². The minimum atomic E-state index is -0.244. The van der Waals surface area contributed by atoms with E-state index in [1.165, 1.54) is 12.1 Å². The number of rotatable bonds is 5. The Morgan fingerprint density at radius 1 is 1.28 bits per heavy atom. The number of hydrogen-bond acceptors (Lipinski definition) is 4. The number of anilines is 1. The van der Waals surface area contributed by atoms with Gasteiger partial charge in [-0.05, 0) is 23.6 Å². The molecule has 0 unspecified atom stereocenters. The highest BCUT2D eigenvalue weighted by Gasteiger charge is 2.07. The Balaban J connectivity index is 1.95. The van der Waals surface area contributed by atoms with Crippen LogP contribution in [0.4, 0.5) is 10.4 Å². The molecule has 0 aliphatic rings. The van der Waals surface area contributed by atoms with Crippen molar-refractivity contribution >= 4 is 6.01 Å². The normalized spacial score (nSPS) is 10.9. The Morgan fingerprint density at radius 2 is 2.00 bits per heavy atom. The lowest BCUT2D eigenvalue weighted by molar-refractivity contribution is 0.421. The largest absolute Gasteiger partial charge is 0.338 e. The summed E-state index contributed by atoms with van der Waals surface area (Å²) in [6.45, 7) is 4.99. The molecule has 0 amide bonds. The van der Waals surface area contributed by atoms with Crippen molar-refractivity contribution in [2.45, 2.75) is 20.3 Å². The first kappa shape index (κ1) is 12.5. The van der Waals surface area contributed by atoms with Crippen LogP contribution in [-0.4, -0.2) is 16.7 Å². The van der Waals surface area contributed by atoms with Gasteiger partial charge < -0.3 is 9.84 Å². The molecule has 0 aliphatic heterocycles. The second kappa shape index (κ2) is 5.62. The number of nitrogens with one attached hydrogen (secondary N) is 1. The fourth-order valence-corrected chi connectivity index (χ4v) is 1.47. The maximum absolute atomic E-state index is 12.7. The van der Waals surface area contributed by atoms with Gasteiger partial charge in [0.25, 0.3) is 0 Å². The van der Waals surface area contributed by atoms with Crippen molar-refractivity contribution in [2.75, 3.05) is 11.9 Å². The topological polar surface area (TPSA) is 51.0 Å². The first-order valence-electron chi connectivity index (χ1n) is 5.94. The fourth-order valence-electron chi connectivity index (χ4n) is 1.47. The number of halogens is 1. The molecule has 0 radical (unpaired) electrons. The van der Waals surface area contributed by atoms with Gasteiger partial charge in [0.15, 0.2) is 5.82 Å². The molecule has 5 heteroatoms. The van der Waals surface area contributed by atoms with Crippen molar-refractivity contribution < 1.29 is 8.91 Å². The third-order valence-electron chi connectivity index (χ3n) is 2.41. The number of aromatic nitrogens is 2. The van der Waals surface area contributed by atoms with Crippen LogP contribution in [0.15, 0.2) is 28.8 Å². The van der Waals surface area contributed by atoms with Crippen LogP contribution in [0.1, 0.15) is 25.2 Å². The summed E-state index contributed by atoms with van der Waals surface area (Å²) < 4.78 is 17.8. The lowest BCUT2D eigenvalue weighted by atomic mass is 10.1. The summed E-state index contributed by atoms with van der Waals surface area (Å²) >= 11 is 0. The molecule has 96 valence electrons. The first-order valence-corrected chi connectivity index (χ1v) is 5.94. The van der Waals surface area contributed by atoms with E-state index in [-0.39, 0.29) is 5.82 Å². The van der Waals surface area contributed by atoms with Crippen molar-refractivity contribution in [3.63, 3.8) is 0 Å². The van der Waals surface area contributed by atoms with Crippen LogP contribution in [0, 0.1) is 11.7 Å². The molecule has 0 aliphatic carbocycles. The average Bonchev–Trinajstić information content (AvgIpc) is 2.77. The Morgan fingerprint density at radius 3 is 2.67 bits per heavy atom. The lowest BCUT2D eigenvalue weighted by Gasteiger charge is -2.02. The van der Waals surface area contributed by atoms with Crippen LogP contribution in [0.2, 0.25) is 0 Å². The predicted octanol–water partition coefficient (Wildman–Crippen LogP) is 2.87. The summed E-state index contributed by atoms with van der Waals surface area (Å²) in [5.41, 5.74) is 0.951. The second-order valence-corrected chi connectivity index (χ2v) is 4.59. The van der Waals surface area contributed by atoms with Gasteiger partial charge in [-0.3, -0.25) is 0 Å². The average molecular weight is 249 g/mol. The van der Waals surface area contributed by atoms with Crippen molar-refractivity contribution in [2.24, 2.45) is 5.92 Å². The lowest BCUT2D eigenvalue weighted by Crippen LogP contribution is -2.08. The van der Waals surface area contributed by atoms with Crippen LogP contribution >= 0.6 is 0 Å². The number of benzene rings is 1. The monoisotopic (exact) mass is 249 g/mol. The van der Waals surface area contributed by atoms with Gasteiger partial charge in [0.1, 0.15) is 5.82 Å². The van der Waals surface area contributed by atoms with E-state index in [0.29, 0.717) is 24.2 Å². The molecule has 0 fully saturated rings. The highest BCUT2D eigenvalue weighted by molar-refractivity contribution is 5.23. The van der Waals surface area contributed by atoms with E-state index >= 15 is 0 Å². The van der Waals surface area contributed by atoms with Gasteiger partial charge in [-0.1, -0.05) is 31.1 Å². The molecule has 1 aromatic heterocycles. The van der Waals surface area contributed by atoms with E-state index in [1.54, 1.807) is 12.1 Å². The summed E-state index contributed by atoms with van der Waals surface area (Å²) in [7, 11) is 0. The summed E-state index contributed by atoms with van der Waals surface area (Å²) in [5.74, 6) is 0.858. The zero-order chi connectivity index (χ0) is 13.0. The fraction of sp³-hybridized carbons (Fsp3) is 0.385. The third-order valence-corrected chi connectivity index (χ3v) is 2.41. The maximum atomic E-state index is 12.7. The first-order chi connectivity index (χ1) is 8.63. The van der Waals surface area contributed by atoms with Crippen molar-refractivity contribution in [3.05, 3.63) is 41.5 Å². The minimum Gasteiger partial charge on any atom is -0.338 e. The smallest absolute Gasteiger partial charge is 0.321 e. The molecular formula is C13H16FN3O. The van der Waals surface area contributed by atoms with Crippen molar-refractivity contribution in [3.8, 4) is 0 Å². The quantitative estimate of drug-likeness (QED) is 0.885. The van der Waals surface area contributed by atoms with Gasteiger partial charge in [-0.25, -0.2) is 4.39 Å². The molecule has 4 nitrogen and oxygen atoms in total. The summed E-state index contributed by atoms with van der Waals surface area (Å²) in [4.78, 5) is 4.22. The van der Waals surface area contributed by atoms with Gasteiger partial charge in [0, 0.05) is 13.0 Å². The molecule has 0 bridgehead atoms. The zero-order valence-corrected chi connectivity index (χ0v) is 10.5. The Bertz CT molecular complexity index is 493. The van der Waals surface area contributed by atoms with E-state index in [9.17, 15) is 4.39 Å². The molecule has 1 N–H and O–H groups in total. The Kier molecular flexibility index (Phi) is 3.92. The van der Waals surface area contributed by atoms with Crippen LogP contribution < -0.4 is 5.32 Å². The molecule has 2 rings (SSSR count). The van der Waals surface area contributed by atoms with Gasteiger partial charge in [0.2, 0.25) is 0 Å². The van der Waals surface area contributed by atoms with Crippen LogP contribution in [0.5, 0.6) is 0 Å². The summed E-state index contributed by atoms with van der Waals surface area (Å²) in [6.07, 6.45) is 0.535. The zero-order valence-electron chi connectivity index (χ0n) is 10.5. The Labute approximate surface area is 105 Å². The van der Waals surface area contributed by atoms with E-state index < -0.39 is 0 Å². The highest BCUT2D eigenvalue weighted by atomic mass is 19.1. The summed E-state index contributed by atoms with van der Waals surface area (Å²) in [5, 5.41) is 6.93. The minimum absolute atomic E-state index is 0.244. The SMILES string of the molecule is CC(C)CNc1nc(Cc2ccc(F)cc2)no1. The van der Waals surface area contributed by atoms with Crippen LogP contribution in [0.3, 0.4) is 0 Å². The molecule has 1 aromatic carbocycles. The number of hydrogen-bond donors (Lipinski definition) is 1. The molecule has 1 heterocycles. The second-order valence-electron chi connectivity index (χ2n) is 4.59. The molecule has 2 aromatic rings. The number of nitrogens with zero attached hydrogens (tertiary/aromatic N) is 2. The molecule has 0 saturated heterocycles. The van der Waals surface area contributed by atoms with Gasteiger partial charge in [-0.15, -0.1) is 0 Å². The highest BCUT2D eigenvalue weighted by Crippen LogP contribution is 2.10. The van der Waals surface area contributed by atoms with Crippen molar-refractivity contribution in [1.82, 2.24) is 10.1 Å². The van der Waals surface area contributed by atoms with Gasteiger partial charge >= 0.3 is 6.01 Å². The summed E-state index contributed by atoms with van der Waals surface area (Å²) in [6, 6.07) is 6.71. The maximum Gasteiger partial charge on any atom is 0.321 e. The molecule has 0 spiro atoms. The molecule has 0 atom stereocenters. The van der Waals surface area contributed by atoms with E-state index in [4.69, 9.17) is 4.52 Å². The van der Waals surface area contributed by atoms with Gasteiger partial charge in [0.05, 0.1) is 0 Å². The third kappa shape index (κ3) is 3.55. The van der Waals surface area contributed by atoms with Crippen LogP contribution in [-0.2, 0) is 6.42 Å². The molecule has 0 saturated carbocycles. The van der Waals surface area contributed by atoms with E-state index in [0.717, 1.165) is 12.1 Å². The van der Waals surface area contributed by atoms with Gasteiger partial charge in [-0.2, -0.15) is 4.98 Å².